The van der Waals surface area contributed by atoms with Crippen LogP contribution in [-0.4, -0.2) is 31.6 Å². The second kappa shape index (κ2) is 7.20. The number of nitrogens with zero attached hydrogens (tertiary/aromatic N) is 1. The molecule has 0 aliphatic heterocycles. The van der Waals surface area contributed by atoms with E-state index in [9.17, 15) is 8.42 Å². The van der Waals surface area contributed by atoms with Gasteiger partial charge in [0.15, 0.2) is 0 Å². The molecule has 0 aromatic heterocycles. The lowest BCUT2D eigenvalue weighted by Crippen LogP contribution is -2.52. The fourth-order valence-electron chi connectivity index (χ4n) is 2.41. The van der Waals surface area contributed by atoms with Gasteiger partial charge in [-0.1, -0.05) is 23.8 Å². The molecule has 0 radical (unpaired) electrons. The van der Waals surface area contributed by atoms with E-state index in [1.165, 1.54) is 0 Å². The molecule has 1 atom stereocenters. The summed E-state index contributed by atoms with van der Waals surface area (Å²) in [6.45, 7) is 13.8. The van der Waals surface area contributed by atoms with Crippen molar-refractivity contribution in [2.75, 3.05) is 0 Å². The molecular formula is C16H26N2O2S. The summed E-state index contributed by atoms with van der Waals surface area (Å²) in [6, 6.07) is 7.22. The second-order valence-corrected chi connectivity index (χ2v) is 7.46. The van der Waals surface area contributed by atoms with Crippen molar-refractivity contribution in [1.82, 2.24) is 9.62 Å². The predicted molar refractivity (Wildman–Crippen MR) is 87.6 cm³/mol. The number of aryl methyl sites for hydroxylation is 1. The van der Waals surface area contributed by atoms with Crippen LogP contribution in [0.3, 0.4) is 0 Å². The van der Waals surface area contributed by atoms with E-state index in [0.717, 1.165) is 5.56 Å². The van der Waals surface area contributed by atoms with E-state index in [0.29, 0.717) is 0 Å². The Kier molecular flexibility index (Phi) is 6.13. The lowest BCUT2D eigenvalue weighted by Gasteiger charge is -2.36. The maximum absolute atomic E-state index is 12.5. The molecular weight excluding hydrogens is 284 g/mol. The molecule has 118 valence electrons. The van der Waals surface area contributed by atoms with E-state index in [2.05, 4.69) is 16.2 Å². The summed E-state index contributed by atoms with van der Waals surface area (Å²) in [6.07, 6.45) is 1.20. The highest BCUT2D eigenvalue weighted by Gasteiger charge is 2.26. The molecule has 0 heterocycles. The summed E-state index contributed by atoms with van der Waals surface area (Å²) in [4.78, 5) is 2.34. The molecule has 5 heteroatoms. The Balaban J connectivity index is 3.04. The van der Waals surface area contributed by atoms with Gasteiger partial charge in [0.1, 0.15) is 0 Å². The van der Waals surface area contributed by atoms with Crippen LogP contribution in [0, 0.1) is 6.92 Å². The quantitative estimate of drug-likeness (QED) is 0.622. The summed E-state index contributed by atoms with van der Waals surface area (Å²) in [5, 5.41) is 0. The number of benzene rings is 1. The summed E-state index contributed by atoms with van der Waals surface area (Å²) in [5.74, 6) is 0. The molecule has 0 spiro atoms. The van der Waals surface area contributed by atoms with Crippen LogP contribution in [0.15, 0.2) is 41.8 Å². The third-order valence-electron chi connectivity index (χ3n) is 3.34. The van der Waals surface area contributed by atoms with E-state index in [-0.39, 0.29) is 17.0 Å². The lowest BCUT2D eigenvalue weighted by molar-refractivity contribution is 0.132. The second-order valence-electron chi connectivity index (χ2n) is 5.75. The summed E-state index contributed by atoms with van der Waals surface area (Å²) < 4.78 is 27.7. The van der Waals surface area contributed by atoms with Crippen molar-refractivity contribution in [1.29, 1.82) is 0 Å². The van der Waals surface area contributed by atoms with E-state index < -0.39 is 16.2 Å². The molecule has 1 aromatic rings. The van der Waals surface area contributed by atoms with E-state index >= 15 is 0 Å². The summed E-state index contributed by atoms with van der Waals surface area (Å²) in [7, 11) is -3.56. The molecule has 4 nitrogen and oxygen atoms in total. The van der Waals surface area contributed by atoms with Crippen molar-refractivity contribution < 1.29 is 8.42 Å². The largest absolute Gasteiger partial charge is 0.279 e. The van der Waals surface area contributed by atoms with Crippen LogP contribution in [0.4, 0.5) is 0 Å². The van der Waals surface area contributed by atoms with Crippen LogP contribution < -0.4 is 4.72 Å². The van der Waals surface area contributed by atoms with Crippen molar-refractivity contribution in [3.63, 3.8) is 0 Å². The third kappa shape index (κ3) is 4.66. The van der Waals surface area contributed by atoms with Gasteiger partial charge < -0.3 is 0 Å². The summed E-state index contributed by atoms with van der Waals surface area (Å²) in [5.41, 5.74) is 1.03. The van der Waals surface area contributed by atoms with Gasteiger partial charge in [0.05, 0.1) is 11.1 Å². The van der Waals surface area contributed by atoms with Crippen molar-refractivity contribution in [3.8, 4) is 0 Å². The van der Waals surface area contributed by atoms with Gasteiger partial charge in [-0.15, -0.1) is 6.58 Å². The number of hydrogen-bond acceptors (Lipinski definition) is 3. The van der Waals surface area contributed by atoms with Crippen LogP contribution in [-0.2, 0) is 10.0 Å². The molecule has 0 bridgehead atoms. The predicted octanol–water partition coefficient (Wildman–Crippen LogP) is 2.90. The van der Waals surface area contributed by atoms with Crippen LogP contribution in [0.1, 0.15) is 33.3 Å². The molecule has 1 aromatic carbocycles. The van der Waals surface area contributed by atoms with Crippen LogP contribution in [0.2, 0.25) is 0 Å². The standard InChI is InChI=1S/C16H26N2O2S/c1-7-16(18(12(2)3)13(4)5)17-21(19,20)15-10-8-14(6)9-11-15/h7-13,16-17H,1H2,2-6H3. The van der Waals surface area contributed by atoms with Crippen molar-refractivity contribution in [2.24, 2.45) is 0 Å². The fraction of sp³-hybridized carbons (Fsp3) is 0.500. The van der Waals surface area contributed by atoms with E-state index in [1.54, 1.807) is 30.3 Å². The zero-order valence-electron chi connectivity index (χ0n) is 13.5. The highest BCUT2D eigenvalue weighted by atomic mass is 32.2. The van der Waals surface area contributed by atoms with Crippen molar-refractivity contribution >= 4 is 10.0 Å². The first-order chi connectivity index (χ1) is 9.69. The number of rotatable bonds is 7. The lowest BCUT2D eigenvalue weighted by atomic mass is 10.2. The van der Waals surface area contributed by atoms with E-state index in [1.807, 2.05) is 34.6 Å². The van der Waals surface area contributed by atoms with Gasteiger partial charge in [0.2, 0.25) is 10.0 Å². The van der Waals surface area contributed by atoms with Gasteiger partial charge >= 0.3 is 0 Å². The Hall–Kier alpha value is -1.17. The summed E-state index contributed by atoms with van der Waals surface area (Å²) >= 11 is 0. The van der Waals surface area contributed by atoms with Gasteiger partial charge in [-0.3, -0.25) is 4.90 Å². The molecule has 21 heavy (non-hydrogen) atoms. The average Bonchev–Trinajstić information content (AvgIpc) is 2.37. The van der Waals surface area contributed by atoms with Gasteiger partial charge in [-0.25, -0.2) is 8.42 Å². The molecule has 0 aliphatic carbocycles. The van der Waals surface area contributed by atoms with Crippen molar-refractivity contribution in [3.05, 3.63) is 42.5 Å². The monoisotopic (exact) mass is 310 g/mol. The first kappa shape index (κ1) is 17.9. The first-order valence-corrected chi connectivity index (χ1v) is 8.66. The van der Waals surface area contributed by atoms with Crippen LogP contribution in [0.5, 0.6) is 0 Å². The molecule has 1 N–H and O–H groups in total. The van der Waals surface area contributed by atoms with E-state index in [4.69, 9.17) is 0 Å². The maximum Gasteiger partial charge on any atom is 0.242 e. The molecule has 1 unspecified atom stereocenters. The number of hydrogen-bond donors (Lipinski definition) is 1. The minimum Gasteiger partial charge on any atom is -0.279 e. The average molecular weight is 310 g/mol. The minimum atomic E-state index is -3.56. The molecule has 0 fully saturated rings. The topological polar surface area (TPSA) is 49.4 Å². The molecule has 0 amide bonds. The third-order valence-corrected chi connectivity index (χ3v) is 4.79. The normalized spacial score (nSPS) is 13.9. The Labute approximate surface area is 128 Å². The molecule has 0 saturated carbocycles. The zero-order valence-corrected chi connectivity index (χ0v) is 14.3. The van der Waals surface area contributed by atoms with Crippen LogP contribution >= 0.6 is 0 Å². The molecule has 1 rings (SSSR count). The number of sulfonamides is 1. The smallest absolute Gasteiger partial charge is 0.242 e. The minimum absolute atomic E-state index is 0.203. The van der Waals surface area contributed by atoms with Gasteiger partial charge in [0, 0.05) is 12.1 Å². The first-order valence-electron chi connectivity index (χ1n) is 7.18. The maximum atomic E-state index is 12.5. The van der Waals surface area contributed by atoms with Gasteiger partial charge in [-0.05, 0) is 46.8 Å². The molecule has 0 aliphatic rings. The molecule has 0 saturated heterocycles. The van der Waals surface area contributed by atoms with Crippen LogP contribution in [0.25, 0.3) is 0 Å². The highest BCUT2D eigenvalue weighted by Crippen LogP contribution is 2.15. The Morgan fingerprint density at radius 1 is 1.10 bits per heavy atom. The highest BCUT2D eigenvalue weighted by molar-refractivity contribution is 7.89. The number of nitrogens with one attached hydrogen (secondary N) is 1. The Bertz CT molecular complexity index is 554. The Morgan fingerprint density at radius 2 is 1.57 bits per heavy atom. The zero-order chi connectivity index (χ0) is 16.2. The Morgan fingerprint density at radius 3 is 1.95 bits per heavy atom. The van der Waals surface area contributed by atoms with Gasteiger partial charge in [-0.2, -0.15) is 4.72 Å². The SMILES string of the molecule is C=CC(NS(=O)(=O)c1ccc(C)cc1)N(C(C)C)C(C)C. The fourth-order valence-corrected chi connectivity index (χ4v) is 3.58. The van der Waals surface area contributed by atoms with Gasteiger partial charge in [0.25, 0.3) is 0 Å². The van der Waals surface area contributed by atoms with Crippen molar-refractivity contribution in [2.45, 2.75) is 57.8 Å².